The predicted molar refractivity (Wildman–Crippen MR) is 82.4 cm³/mol. The Hall–Kier alpha value is -0.860. The summed E-state index contributed by atoms with van der Waals surface area (Å²) in [4.78, 5) is 2.40. The lowest BCUT2D eigenvalue weighted by Crippen LogP contribution is -2.33. The molecule has 2 nitrogen and oxygen atoms in total. The normalized spacial score (nSPS) is 22.1. The van der Waals surface area contributed by atoms with Crippen LogP contribution in [0.15, 0.2) is 24.3 Å². The minimum Gasteiger partial charge on any atom is -0.306 e. The molecule has 1 aromatic rings. The minimum atomic E-state index is 0.449. The summed E-state index contributed by atoms with van der Waals surface area (Å²) in [5, 5.41) is 3.74. The average Bonchev–Trinajstić information content (AvgIpc) is 2.75. The van der Waals surface area contributed by atoms with Gasteiger partial charge < -0.3 is 10.2 Å². The summed E-state index contributed by atoms with van der Waals surface area (Å²) in [6, 6.07) is 10.2. The second-order valence-electron chi connectivity index (χ2n) is 6.48. The molecule has 1 aromatic carbocycles. The van der Waals surface area contributed by atoms with Gasteiger partial charge in [-0.15, -0.1) is 0 Å². The standard InChI is InChI=1S/C17H28N2/c1-13(2)11-15-5-7-16(8-6-15)14(3)18-17-9-10-19(4)12-17/h5-8,13-14,17-18H,9-12H2,1-4H3. The quantitative estimate of drug-likeness (QED) is 0.874. The van der Waals surface area contributed by atoms with Gasteiger partial charge in [-0.25, -0.2) is 0 Å². The lowest BCUT2D eigenvalue weighted by atomic mass is 9.99. The first-order valence-corrected chi connectivity index (χ1v) is 7.58. The molecule has 1 heterocycles. The van der Waals surface area contributed by atoms with Gasteiger partial charge in [0.15, 0.2) is 0 Å². The van der Waals surface area contributed by atoms with Gasteiger partial charge in [-0.1, -0.05) is 38.1 Å². The summed E-state index contributed by atoms with van der Waals surface area (Å²) >= 11 is 0. The maximum atomic E-state index is 3.74. The Morgan fingerprint density at radius 2 is 1.89 bits per heavy atom. The molecule has 2 unspecified atom stereocenters. The molecular weight excluding hydrogens is 232 g/mol. The maximum absolute atomic E-state index is 3.74. The van der Waals surface area contributed by atoms with E-state index in [0.717, 1.165) is 5.92 Å². The van der Waals surface area contributed by atoms with E-state index in [-0.39, 0.29) is 0 Å². The number of likely N-dealkylation sites (N-methyl/N-ethyl adjacent to an activating group) is 1. The first kappa shape index (κ1) is 14.5. The van der Waals surface area contributed by atoms with Gasteiger partial charge >= 0.3 is 0 Å². The molecule has 0 aliphatic carbocycles. The van der Waals surface area contributed by atoms with Crippen molar-refractivity contribution in [1.82, 2.24) is 10.2 Å². The van der Waals surface area contributed by atoms with E-state index in [1.807, 2.05) is 0 Å². The molecule has 2 atom stereocenters. The molecule has 1 saturated heterocycles. The topological polar surface area (TPSA) is 15.3 Å². The van der Waals surface area contributed by atoms with Crippen LogP contribution in [-0.4, -0.2) is 31.1 Å². The van der Waals surface area contributed by atoms with E-state index in [0.29, 0.717) is 12.1 Å². The molecule has 2 heteroatoms. The van der Waals surface area contributed by atoms with Gasteiger partial charge in [-0.2, -0.15) is 0 Å². The Bertz CT molecular complexity index is 383. The Kier molecular flexibility index (Phi) is 5.00. The molecule has 2 rings (SSSR count). The van der Waals surface area contributed by atoms with Crippen molar-refractivity contribution in [2.75, 3.05) is 20.1 Å². The van der Waals surface area contributed by atoms with Crippen molar-refractivity contribution in [3.05, 3.63) is 35.4 Å². The Morgan fingerprint density at radius 3 is 2.42 bits per heavy atom. The monoisotopic (exact) mass is 260 g/mol. The molecule has 1 aliphatic heterocycles. The number of nitrogens with one attached hydrogen (secondary N) is 1. The first-order valence-electron chi connectivity index (χ1n) is 7.58. The highest BCUT2D eigenvalue weighted by Gasteiger charge is 2.20. The van der Waals surface area contributed by atoms with Crippen molar-refractivity contribution in [1.29, 1.82) is 0 Å². The van der Waals surface area contributed by atoms with Gasteiger partial charge in [0.25, 0.3) is 0 Å². The van der Waals surface area contributed by atoms with Crippen molar-refractivity contribution in [2.24, 2.45) is 5.92 Å². The van der Waals surface area contributed by atoms with Gasteiger partial charge in [0.2, 0.25) is 0 Å². The lowest BCUT2D eigenvalue weighted by Gasteiger charge is -2.20. The van der Waals surface area contributed by atoms with Crippen molar-refractivity contribution in [3.8, 4) is 0 Å². The zero-order chi connectivity index (χ0) is 13.8. The molecule has 1 N–H and O–H groups in total. The van der Waals surface area contributed by atoms with Crippen LogP contribution >= 0.6 is 0 Å². The average molecular weight is 260 g/mol. The van der Waals surface area contributed by atoms with Gasteiger partial charge in [-0.05, 0) is 50.4 Å². The highest BCUT2D eigenvalue weighted by Crippen LogP contribution is 2.18. The Morgan fingerprint density at radius 1 is 1.21 bits per heavy atom. The lowest BCUT2D eigenvalue weighted by molar-refractivity contribution is 0.387. The summed E-state index contributed by atoms with van der Waals surface area (Å²) in [5.74, 6) is 0.732. The van der Waals surface area contributed by atoms with Crippen molar-refractivity contribution < 1.29 is 0 Å². The molecule has 1 fully saturated rings. The van der Waals surface area contributed by atoms with E-state index >= 15 is 0 Å². The molecule has 1 aliphatic rings. The fraction of sp³-hybridized carbons (Fsp3) is 0.647. The van der Waals surface area contributed by atoms with Crippen molar-refractivity contribution in [3.63, 3.8) is 0 Å². The molecule has 0 aromatic heterocycles. The van der Waals surface area contributed by atoms with Crippen LogP contribution in [0.1, 0.15) is 44.4 Å². The smallest absolute Gasteiger partial charge is 0.0294 e. The van der Waals surface area contributed by atoms with Gasteiger partial charge in [0, 0.05) is 18.6 Å². The van der Waals surface area contributed by atoms with Gasteiger partial charge in [0.1, 0.15) is 0 Å². The predicted octanol–water partition coefficient (Wildman–Crippen LogP) is 3.24. The van der Waals surface area contributed by atoms with Crippen LogP contribution in [0.5, 0.6) is 0 Å². The second kappa shape index (κ2) is 6.53. The number of hydrogen-bond donors (Lipinski definition) is 1. The molecule has 0 saturated carbocycles. The van der Waals surface area contributed by atoms with Crippen LogP contribution in [0.4, 0.5) is 0 Å². The maximum Gasteiger partial charge on any atom is 0.0294 e. The minimum absolute atomic E-state index is 0.449. The largest absolute Gasteiger partial charge is 0.306 e. The van der Waals surface area contributed by atoms with Crippen molar-refractivity contribution >= 4 is 0 Å². The molecular formula is C17H28N2. The van der Waals surface area contributed by atoms with Crippen molar-refractivity contribution in [2.45, 2.75) is 45.7 Å². The molecule has 0 radical (unpaired) electrons. The van der Waals surface area contributed by atoms with Crippen LogP contribution in [0.25, 0.3) is 0 Å². The van der Waals surface area contributed by atoms with Crippen LogP contribution < -0.4 is 5.32 Å². The molecule has 0 spiro atoms. The molecule has 0 amide bonds. The number of rotatable bonds is 5. The highest BCUT2D eigenvalue weighted by atomic mass is 15.2. The summed E-state index contributed by atoms with van der Waals surface area (Å²) in [6.45, 7) is 9.21. The molecule has 19 heavy (non-hydrogen) atoms. The third-order valence-corrected chi connectivity index (χ3v) is 4.00. The van der Waals surface area contributed by atoms with E-state index in [4.69, 9.17) is 0 Å². The van der Waals surface area contributed by atoms with E-state index in [9.17, 15) is 0 Å². The van der Waals surface area contributed by atoms with E-state index in [1.54, 1.807) is 0 Å². The van der Waals surface area contributed by atoms with Crippen LogP contribution in [-0.2, 0) is 6.42 Å². The van der Waals surface area contributed by atoms with E-state index in [2.05, 4.69) is 62.3 Å². The summed E-state index contributed by atoms with van der Waals surface area (Å²) < 4.78 is 0. The third kappa shape index (κ3) is 4.32. The van der Waals surface area contributed by atoms with Crippen LogP contribution in [0, 0.1) is 5.92 Å². The zero-order valence-corrected chi connectivity index (χ0v) is 12.8. The second-order valence-corrected chi connectivity index (χ2v) is 6.48. The number of likely N-dealkylation sites (tertiary alicyclic amines) is 1. The summed E-state index contributed by atoms with van der Waals surface area (Å²) in [7, 11) is 2.20. The van der Waals surface area contributed by atoms with E-state index in [1.165, 1.54) is 37.1 Å². The molecule has 106 valence electrons. The van der Waals surface area contributed by atoms with Gasteiger partial charge in [-0.3, -0.25) is 0 Å². The fourth-order valence-corrected chi connectivity index (χ4v) is 2.93. The summed E-state index contributed by atoms with van der Waals surface area (Å²) in [6.07, 6.45) is 2.45. The van der Waals surface area contributed by atoms with Crippen LogP contribution in [0.2, 0.25) is 0 Å². The number of hydrogen-bond acceptors (Lipinski definition) is 2. The Labute approximate surface area is 118 Å². The highest BCUT2D eigenvalue weighted by molar-refractivity contribution is 5.25. The van der Waals surface area contributed by atoms with Crippen LogP contribution in [0.3, 0.4) is 0 Å². The van der Waals surface area contributed by atoms with E-state index < -0.39 is 0 Å². The SMILES string of the molecule is CC(C)Cc1ccc(C(C)NC2CCN(C)C2)cc1. The number of benzene rings is 1. The Balaban J connectivity index is 1.90. The summed E-state index contributed by atoms with van der Waals surface area (Å²) in [5.41, 5.74) is 2.86. The fourth-order valence-electron chi connectivity index (χ4n) is 2.93. The zero-order valence-electron chi connectivity index (χ0n) is 12.8. The molecule has 0 bridgehead atoms. The number of nitrogens with zero attached hydrogens (tertiary/aromatic N) is 1. The van der Waals surface area contributed by atoms with Gasteiger partial charge in [0.05, 0.1) is 0 Å². The third-order valence-electron chi connectivity index (χ3n) is 4.00. The first-order chi connectivity index (χ1) is 9.04.